The second kappa shape index (κ2) is 9.59. The molecule has 1 unspecified atom stereocenters. The fourth-order valence-electron chi connectivity index (χ4n) is 2.70. The number of nitrogens with zero attached hydrogens (tertiary/aromatic N) is 1. The van der Waals surface area contributed by atoms with Crippen LogP contribution in [0.4, 0.5) is 0 Å². The van der Waals surface area contributed by atoms with Gasteiger partial charge in [0.15, 0.2) is 11.5 Å². The molecular weight excluding hydrogens is 396 g/mol. The second-order valence-electron chi connectivity index (χ2n) is 6.02. The highest BCUT2D eigenvalue weighted by molar-refractivity contribution is 9.10. The molecule has 0 saturated carbocycles. The summed E-state index contributed by atoms with van der Waals surface area (Å²) in [5.41, 5.74) is 1.67. The van der Waals surface area contributed by atoms with Crippen molar-refractivity contribution < 1.29 is 14.3 Å². The first kappa shape index (κ1) is 20.3. The van der Waals surface area contributed by atoms with Crippen molar-refractivity contribution in [3.8, 4) is 11.5 Å². The van der Waals surface area contributed by atoms with E-state index in [-0.39, 0.29) is 11.9 Å². The highest BCUT2D eigenvalue weighted by Crippen LogP contribution is 2.36. The van der Waals surface area contributed by atoms with Gasteiger partial charge in [-0.15, -0.1) is 0 Å². The van der Waals surface area contributed by atoms with Gasteiger partial charge in [0.25, 0.3) is 5.91 Å². The Hall–Kier alpha value is -2.05. The van der Waals surface area contributed by atoms with Crippen LogP contribution in [0.25, 0.3) is 0 Å². The van der Waals surface area contributed by atoms with Gasteiger partial charge in [-0.1, -0.05) is 30.3 Å². The highest BCUT2D eigenvalue weighted by atomic mass is 79.9. The third-order valence-corrected chi connectivity index (χ3v) is 4.63. The Labute approximate surface area is 163 Å². The maximum Gasteiger partial charge on any atom is 0.251 e. The third-order valence-electron chi connectivity index (χ3n) is 4.04. The summed E-state index contributed by atoms with van der Waals surface area (Å²) in [7, 11) is 5.56. The normalized spacial score (nSPS) is 11.9. The van der Waals surface area contributed by atoms with Crippen LogP contribution in [0.5, 0.6) is 11.5 Å². The molecule has 0 aliphatic carbocycles. The summed E-state index contributed by atoms with van der Waals surface area (Å²) in [4.78, 5) is 14.7. The number of benzene rings is 2. The molecule has 0 bridgehead atoms. The number of amides is 1. The lowest BCUT2D eigenvalue weighted by Crippen LogP contribution is -2.34. The van der Waals surface area contributed by atoms with E-state index in [0.29, 0.717) is 34.7 Å². The molecule has 6 heteroatoms. The van der Waals surface area contributed by atoms with Gasteiger partial charge >= 0.3 is 0 Å². The minimum Gasteiger partial charge on any atom is -0.493 e. The molecule has 2 aromatic carbocycles. The molecule has 0 aliphatic rings. The SMILES string of the molecule is CCOc1c(Br)cc(C(=O)NCC(c2ccccc2)N(C)C)cc1OC. The Morgan fingerprint density at radius 2 is 1.92 bits per heavy atom. The van der Waals surface area contributed by atoms with E-state index < -0.39 is 0 Å². The van der Waals surface area contributed by atoms with Crippen LogP contribution in [0, 0.1) is 0 Å². The Bertz CT molecular complexity index is 735. The quantitative estimate of drug-likeness (QED) is 0.703. The summed E-state index contributed by atoms with van der Waals surface area (Å²) in [6, 6.07) is 13.6. The molecule has 0 radical (unpaired) electrons. The summed E-state index contributed by atoms with van der Waals surface area (Å²) < 4.78 is 11.6. The van der Waals surface area contributed by atoms with Crippen molar-refractivity contribution in [1.29, 1.82) is 0 Å². The van der Waals surface area contributed by atoms with Gasteiger partial charge in [0, 0.05) is 12.1 Å². The zero-order valence-corrected chi connectivity index (χ0v) is 17.2. The van der Waals surface area contributed by atoms with Gasteiger partial charge in [-0.2, -0.15) is 0 Å². The first-order valence-electron chi connectivity index (χ1n) is 8.47. The van der Waals surface area contributed by atoms with Crippen molar-refractivity contribution in [3.63, 3.8) is 0 Å². The van der Waals surface area contributed by atoms with Gasteiger partial charge in [-0.3, -0.25) is 4.79 Å². The standard InChI is InChI=1S/C20H25BrN2O3/c1-5-26-19-16(21)11-15(12-18(19)25-4)20(24)22-13-17(23(2)3)14-9-7-6-8-10-14/h6-12,17H,5,13H2,1-4H3,(H,22,24). The highest BCUT2D eigenvalue weighted by Gasteiger charge is 2.18. The fourth-order valence-corrected chi connectivity index (χ4v) is 3.26. The van der Waals surface area contributed by atoms with E-state index in [9.17, 15) is 4.79 Å². The predicted molar refractivity (Wildman–Crippen MR) is 107 cm³/mol. The maximum absolute atomic E-state index is 12.6. The van der Waals surface area contributed by atoms with Crippen LogP contribution >= 0.6 is 15.9 Å². The molecule has 1 N–H and O–H groups in total. The van der Waals surface area contributed by atoms with Crippen molar-refractivity contribution in [1.82, 2.24) is 10.2 Å². The van der Waals surface area contributed by atoms with E-state index in [1.807, 2.05) is 39.2 Å². The zero-order valence-electron chi connectivity index (χ0n) is 15.6. The Morgan fingerprint density at radius 3 is 2.50 bits per heavy atom. The molecule has 5 nitrogen and oxygen atoms in total. The number of nitrogens with one attached hydrogen (secondary N) is 1. The lowest BCUT2D eigenvalue weighted by Gasteiger charge is -2.25. The lowest BCUT2D eigenvalue weighted by atomic mass is 10.1. The van der Waals surface area contributed by atoms with Gasteiger partial charge < -0.3 is 19.7 Å². The molecule has 0 heterocycles. The third kappa shape index (κ3) is 4.99. The van der Waals surface area contributed by atoms with E-state index in [4.69, 9.17) is 9.47 Å². The number of hydrogen-bond acceptors (Lipinski definition) is 4. The number of likely N-dealkylation sites (N-methyl/N-ethyl adjacent to an activating group) is 1. The van der Waals surface area contributed by atoms with Gasteiger partial charge in [0.1, 0.15) is 0 Å². The number of rotatable bonds is 8. The molecule has 1 amide bonds. The summed E-state index contributed by atoms with van der Waals surface area (Å²) in [5.74, 6) is 0.968. The van der Waals surface area contributed by atoms with Crippen molar-refractivity contribution in [2.45, 2.75) is 13.0 Å². The van der Waals surface area contributed by atoms with Crippen LogP contribution in [0.15, 0.2) is 46.9 Å². The number of ether oxygens (including phenoxy) is 2. The van der Waals surface area contributed by atoms with Gasteiger partial charge in [-0.05, 0) is 54.6 Å². The predicted octanol–water partition coefficient (Wildman–Crippen LogP) is 3.89. The van der Waals surface area contributed by atoms with Crippen molar-refractivity contribution in [2.75, 3.05) is 34.4 Å². The van der Waals surface area contributed by atoms with Crippen LogP contribution < -0.4 is 14.8 Å². The Balaban J connectivity index is 2.15. The minimum absolute atomic E-state index is 0.0909. The van der Waals surface area contributed by atoms with Gasteiger partial charge in [0.05, 0.1) is 24.2 Å². The molecule has 2 rings (SSSR count). The van der Waals surface area contributed by atoms with Crippen LogP contribution in [0.2, 0.25) is 0 Å². The number of methoxy groups -OCH3 is 1. The van der Waals surface area contributed by atoms with Crippen LogP contribution in [-0.2, 0) is 0 Å². The minimum atomic E-state index is -0.158. The number of carbonyl (C=O) groups excluding carboxylic acids is 1. The molecule has 2 aromatic rings. The average molecular weight is 421 g/mol. The number of hydrogen-bond donors (Lipinski definition) is 1. The largest absolute Gasteiger partial charge is 0.493 e. The van der Waals surface area contributed by atoms with Crippen LogP contribution in [0.3, 0.4) is 0 Å². The van der Waals surface area contributed by atoms with Crippen molar-refractivity contribution in [3.05, 3.63) is 58.1 Å². The summed E-state index contributed by atoms with van der Waals surface area (Å²) in [6.07, 6.45) is 0. The van der Waals surface area contributed by atoms with Gasteiger partial charge in [-0.25, -0.2) is 0 Å². The molecule has 0 fully saturated rings. The van der Waals surface area contributed by atoms with E-state index in [2.05, 4.69) is 38.3 Å². The van der Waals surface area contributed by atoms with E-state index in [0.717, 1.165) is 5.56 Å². The summed E-state index contributed by atoms with van der Waals surface area (Å²) in [5, 5.41) is 3.01. The van der Waals surface area contributed by atoms with E-state index in [1.165, 1.54) is 0 Å². The molecule has 1 atom stereocenters. The first-order chi connectivity index (χ1) is 12.5. The second-order valence-corrected chi connectivity index (χ2v) is 6.88. The average Bonchev–Trinajstić information content (AvgIpc) is 2.63. The molecule has 0 spiro atoms. The molecular formula is C20H25BrN2O3. The fraction of sp³-hybridized carbons (Fsp3) is 0.350. The van der Waals surface area contributed by atoms with Crippen molar-refractivity contribution in [2.24, 2.45) is 0 Å². The number of halogens is 1. The van der Waals surface area contributed by atoms with Crippen molar-refractivity contribution >= 4 is 21.8 Å². The summed E-state index contributed by atoms with van der Waals surface area (Å²) >= 11 is 3.45. The molecule has 0 aliphatic heterocycles. The lowest BCUT2D eigenvalue weighted by molar-refractivity contribution is 0.0941. The topological polar surface area (TPSA) is 50.8 Å². The Kier molecular flexibility index (Phi) is 7.48. The van der Waals surface area contributed by atoms with E-state index in [1.54, 1.807) is 19.2 Å². The van der Waals surface area contributed by atoms with Crippen LogP contribution in [0.1, 0.15) is 28.9 Å². The summed E-state index contributed by atoms with van der Waals surface area (Å²) in [6.45, 7) is 2.92. The van der Waals surface area contributed by atoms with Gasteiger partial charge in [0.2, 0.25) is 0 Å². The zero-order chi connectivity index (χ0) is 19.1. The molecule has 140 valence electrons. The van der Waals surface area contributed by atoms with Crippen LogP contribution in [-0.4, -0.2) is 45.2 Å². The molecule has 0 aromatic heterocycles. The monoisotopic (exact) mass is 420 g/mol. The number of carbonyl (C=O) groups is 1. The first-order valence-corrected chi connectivity index (χ1v) is 9.27. The molecule has 26 heavy (non-hydrogen) atoms. The molecule has 0 saturated heterocycles. The smallest absolute Gasteiger partial charge is 0.251 e. The maximum atomic E-state index is 12.6. The Morgan fingerprint density at radius 1 is 1.23 bits per heavy atom. The van der Waals surface area contributed by atoms with E-state index >= 15 is 0 Å².